The maximum absolute atomic E-state index is 14.2. The van der Waals surface area contributed by atoms with E-state index in [4.69, 9.17) is 0 Å². The third kappa shape index (κ3) is 3.03. The summed E-state index contributed by atoms with van der Waals surface area (Å²) < 4.78 is 15.6. The largest absolute Gasteiger partial charge is 0.374 e. The number of anilines is 2. The van der Waals surface area contributed by atoms with Gasteiger partial charge in [-0.05, 0) is 41.4 Å². The van der Waals surface area contributed by atoms with Crippen LogP contribution in [0.4, 0.5) is 15.8 Å². The molecule has 0 saturated carbocycles. The number of fused-ring (bicyclic) bond motifs is 6. The molecule has 5 rings (SSSR count). The molecular formula is C22H21FN5O2S+. The molecule has 31 heavy (non-hydrogen) atoms. The van der Waals surface area contributed by atoms with Crippen molar-refractivity contribution in [2.45, 2.75) is 37.0 Å². The van der Waals surface area contributed by atoms with E-state index in [0.717, 1.165) is 25.0 Å². The topological polar surface area (TPSA) is 90.8 Å². The molecule has 2 aliphatic heterocycles. The highest BCUT2D eigenvalue weighted by atomic mass is 32.2. The first kappa shape index (κ1) is 19.7. The zero-order valence-electron chi connectivity index (χ0n) is 16.9. The van der Waals surface area contributed by atoms with E-state index in [1.165, 1.54) is 34.6 Å². The number of halogens is 1. The molecule has 0 bridgehead atoms. The quantitative estimate of drug-likeness (QED) is 0.323. The van der Waals surface area contributed by atoms with E-state index in [1.807, 2.05) is 12.1 Å². The summed E-state index contributed by atoms with van der Waals surface area (Å²) in [6.45, 7) is 2.13. The van der Waals surface area contributed by atoms with Gasteiger partial charge in [0.25, 0.3) is 0 Å². The number of H-pyrrole nitrogens is 1. The molecule has 9 heteroatoms. The third-order valence-corrected chi connectivity index (χ3v) is 6.54. The molecule has 1 aromatic heterocycles. The van der Waals surface area contributed by atoms with Crippen LogP contribution in [-0.4, -0.2) is 21.7 Å². The monoisotopic (exact) mass is 438 g/mol. The number of rotatable bonds is 5. The summed E-state index contributed by atoms with van der Waals surface area (Å²) in [5.74, 6) is -0.102. The summed E-state index contributed by atoms with van der Waals surface area (Å²) in [7, 11) is 0. The summed E-state index contributed by atoms with van der Waals surface area (Å²) in [4.78, 5) is 29.4. The number of amides is 1. The Hall–Kier alpha value is -3.20. The molecule has 7 nitrogen and oxygen atoms in total. The third-order valence-electron chi connectivity index (χ3n) is 5.59. The summed E-state index contributed by atoms with van der Waals surface area (Å²) in [5, 5.41) is 11.1. The van der Waals surface area contributed by atoms with Crippen molar-refractivity contribution in [1.29, 1.82) is 0 Å². The first-order chi connectivity index (χ1) is 15.0. The summed E-state index contributed by atoms with van der Waals surface area (Å²) in [5.41, 5.74) is 0.439. The molecule has 0 aliphatic carbocycles. The fourth-order valence-electron chi connectivity index (χ4n) is 4.12. The minimum atomic E-state index is -1.56. The van der Waals surface area contributed by atoms with Crippen molar-refractivity contribution in [3.8, 4) is 11.3 Å². The Balaban J connectivity index is 1.74. The Kier molecular flexibility index (Phi) is 4.77. The van der Waals surface area contributed by atoms with Gasteiger partial charge in [-0.3, -0.25) is 14.6 Å². The van der Waals surface area contributed by atoms with Crippen molar-refractivity contribution in [2.24, 2.45) is 0 Å². The second-order valence-corrected chi connectivity index (χ2v) is 8.68. The van der Waals surface area contributed by atoms with Crippen molar-refractivity contribution in [3.05, 3.63) is 64.2 Å². The molecule has 1 atom stereocenters. The Labute approximate surface area is 182 Å². The fourth-order valence-corrected chi connectivity index (χ4v) is 4.97. The number of aromatic amines is 1. The van der Waals surface area contributed by atoms with Crippen LogP contribution in [0.1, 0.15) is 31.7 Å². The molecule has 0 saturated heterocycles. The molecule has 1 spiro atoms. The number of para-hydroxylation sites is 1. The zero-order chi connectivity index (χ0) is 21.6. The highest BCUT2D eigenvalue weighted by Gasteiger charge is 2.62. The molecule has 0 unspecified atom stereocenters. The highest BCUT2D eigenvalue weighted by molar-refractivity contribution is 7.99. The SMILES string of the molecule is CCCCCSc1n[n+]2c(c(=O)[nH]1)-c1ccccc1N[C@]21C(=O)Nc2ccc(F)cc21. The van der Waals surface area contributed by atoms with Crippen LogP contribution in [0.2, 0.25) is 0 Å². The van der Waals surface area contributed by atoms with Crippen LogP contribution in [0.5, 0.6) is 0 Å². The molecule has 0 fully saturated rings. The predicted molar refractivity (Wildman–Crippen MR) is 116 cm³/mol. The number of hydrogen-bond donors (Lipinski definition) is 3. The smallest absolute Gasteiger partial charge is 0.317 e. The Morgan fingerprint density at radius 3 is 2.81 bits per heavy atom. The van der Waals surface area contributed by atoms with Crippen molar-refractivity contribution >= 4 is 29.0 Å². The Morgan fingerprint density at radius 2 is 1.97 bits per heavy atom. The fraction of sp³-hybridized carbons (Fsp3) is 0.273. The number of nitrogens with zero attached hydrogens (tertiary/aromatic N) is 2. The van der Waals surface area contributed by atoms with Crippen molar-refractivity contribution in [1.82, 2.24) is 10.1 Å². The number of benzene rings is 2. The summed E-state index contributed by atoms with van der Waals surface area (Å²) in [6.07, 6.45) is 3.17. The lowest BCUT2D eigenvalue weighted by atomic mass is 9.95. The number of thioether (sulfide) groups is 1. The number of unbranched alkanes of at least 4 members (excludes halogenated alkanes) is 2. The van der Waals surface area contributed by atoms with Gasteiger partial charge in [0.15, 0.2) is 0 Å². The van der Waals surface area contributed by atoms with Gasteiger partial charge in [0.1, 0.15) is 5.82 Å². The van der Waals surface area contributed by atoms with Crippen molar-refractivity contribution in [3.63, 3.8) is 0 Å². The second-order valence-electron chi connectivity index (χ2n) is 7.60. The van der Waals surface area contributed by atoms with E-state index < -0.39 is 17.4 Å². The van der Waals surface area contributed by atoms with Crippen LogP contribution in [0.15, 0.2) is 52.4 Å². The molecule has 3 heterocycles. The van der Waals surface area contributed by atoms with E-state index in [0.29, 0.717) is 27.7 Å². The van der Waals surface area contributed by atoms with Crippen LogP contribution in [0.25, 0.3) is 11.3 Å². The molecule has 2 aliphatic rings. The Bertz CT molecular complexity index is 1260. The highest BCUT2D eigenvalue weighted by Crippen LogP contribution is 2.41. The van der Waals surface area contributed by atoms with Crippen molar-refractivity contribution < 1.29 is 13.9 Å². The lowest BCUT2D eigenvalue weighted by molar-refractivity contribution is -0.781. The molecule has 1 amide bonds. The van der Waals surface area contributed by atoms with Gasteiger partial charge in [-0.15, -0.1) is 0 Å². The van der Waals surface area contributed by atoms with E-state index in [-0.39, 0.29) is 11.3 Å². The second kappa shape index (κ2) is 7.49. The van der Waals surface area contributed by atoms with Gasteiger partial charge in [0.2, 0.25) is 5.16 Å². The Morgan fingerprint density at radius 1 is 1.13 bits per heavy atom. The lowest BCUT2D eigenvalue weighted by Gasteiger charge is -2.28. The van der Waals surface area contributed by atoms with Gasteiger partial charge < -0.3 is 10.6 Å². The van der Waals surface area contributed by atoms with Crippen molar-refractivity contribution in [2.75, 3.05) is 16.4 Å². The number of hydrogen-bond acceptors (Lipinski definition) is 5. The van der Waals surface area contributed by atoms with Crippen LogP contribution in [0.3, 0.4) is 0 Å². The van der Waals surface area contributed by atoms with Gasteiger partial charge in [-0.2, -0.15) is 0 Å². The number of carbonyl (C=O) groups is 1. The molecule has 0 radical (unpaired) electrons. The van der Waals surface area contributed by atoms with E-state index in [1.54, 1.807) is 12.1 Å². The van der Waals surface area contributed by atoms with Gasteiger partial charge in [-0.25, -0.2) is 4.39 Å². The maximum atomic E-state index is 14.2. The number of carbonyl (C=O) groups excluding carboxylic acids is 1. The standard InChI is InChI=1S/C22H20FN5O2S/c1-2-3-6-11-31-21-25-19(29)18-14-7-4-5-8-16(14)26-22(28(18)27-21)15-12-13(23)9-10-17(15)24-20(22)30/h4-5,7-10,12H,2-3,6,11H2,1H3,(H2,24,25,27,29,30)/p+1/t22-/m0/s1. The molecule has 3 aromatic rings. The number of aromatic nitrogens is 3. The minimum Gasteiger partial charge on any atom is -0.317 e. The zero-order valence-corrected chi connectivity index (χ0v) is 17.7. The normalized spacial score (nSPS) is 18.2. The first-order valence-corrected chi connectivity index (χ1v) is 11.2. The summed E-state index contributed by atoms with van der Waals surface area (Å²) >= 11 is 1.44. The van der Waals surface area contributed by atoms with Gasteiger partial charge in [0, 0.05) is 10.9 Å². The average molecular weight is 439 g/mol. The number of nitrogens with one attached hydrogen (secondary N) is 3. The minimum absolute atomic E-state index is 0.250. The summed E-state index contributed by atoms with van der Waals surface area (Å²) in [6, 6.07) is 11.3. The van der Waals surface area contributed by atoms with E-state index >= 15 is 0 Å². The van der Waals surface area contributed by atoms with Gasteiger partial charge in [0.05, 0.1) is 22.5 Å². The molecule has 2 aromatic carbocycles. The van der Waals surface area contributed by atoms with Crippen LogP contribution in [0, 0.1) is 5.82 Å². The molecular weight excluding hydrogens is 417 g/mol. The molecule has 3 N–H and O–H groups in total. The van der Waals surface area contributed by atoms with Crippen LogP contribution < -0.4 is 20.9 Å². The van der Waals surface area contributed by atoms with Crippen LogP contribution >= 0.6 is 11.8 Å². The first-order valence-electron chi connectivity index (χ1n) is 10.2. The average Bonchev–Trinajstić information content (AvgIpc) is 3.03. The van der Waals surface area contributed by atoms with Gasteiger partial charge >= 0.3 is 22.8 Å². The van der Waals surface area contributed by atoms with E-state index in [9.17, 15) is 14.0 Å². The van der Waals surface area contributed by atoms with E-state index in [2.05, 4.69) is 27.6 Å². The van der Waals surface area contributed by atoms with Gasteiger partial charge in [-0.1, -0.05) is 43.7 Å². The van der Waals surface area contributed by atoms with Crippen LogP contribution in [-0.2, 0) is 10.5 Å². The predicted octanol–water partition coefficient (Wildman–Crippen LogP) is 3.22. The maximum Gasteiger partial charge on any atom is 0.374 e. The lowest BCUT2D eigenvalue weighted by Crippen LogP contribution is -2.71. The molecule has 158 valence electrons.